The third-order valence-corrected chi connectivity index (χ3v) is 1.86. The molecule has 1 aromatic carbocycles. The molecule has 0 aromatic heterocycles. The Hall–Kier alpha value is -0.970. The van der Waals surface area contributed by atoms with Crippen molar-refractivity contribution in [2.45, 2.75) is 0 Å². The zero-order valence-electron chi connectivity index (χ0n) is 6.09. The van der Waals surface area contributed by atoms with E-state index in [1.807, 2.05) is 6.07 Å². The second kappa shape index (κ2) is 4.15. The highest BCUT2D eigenvalue weighted by atomic mass is 35.5. The largest absolute Gasteiger partial charge is 0.193 e. The molecule has 0 aliphatic heterocycles. The summed E-state index contributed by atoms with van der Waals surface area (Å²) in [5.74, 6) is 0. The Morgan fingerprint density at radius 2 is 2.08 bits per heavy atom. The van der Waals surface area contributed by atoms with Gasteiger partial charge in [0.2, 0.25) is 0 Å². The normalized spacial score (nSPS) is 10.1. The zero-order valence-corrected chi connectivity index (χ0v) is 7.60. The van der Waals surface area contributed by atoms with Crippen LogP contribution in [-0.4, -0.2) is 0 Å². The number of allylic oxidation sites excluding steroid dienone is 1. The lowest BCUT2D eigenvalue weighted by molar-refractivity contribution is 1.54. The first-order valence-corrected chi connectivity index (χ1v) is 4.01. The van der Waals surface area contributed by atoms with Crippen LogP contribution in [0.15, 0.2) is 24.3 Å². The van der Waals surface area contributed by atoms with Crippen LogP contribution < -0.4 is 0 Å². The van der Waals surface area contributed by atoms with Gasteiger partial charge in [0.05, 0.1) is 6.07 Å². The summed E-state index contributed by atoms with van der Waals surface area (Å²) in [6.45, 7) is 0. The monoisotopic (exact) mass is 197 g/mol. The van der Waals surface area contributed by atoms with Crippen LogP contribution in [0.3, 0.4) is 0 Å². The topological polar surface area (TPSA) is 23.8 Å². The molecule has 0 bridgehead atoms. The summed E-state index contributed by atoms with van der Waals surface area (Å²) in [6, 6.07) is 7.01. The number of hydrogen-bond acceptors (Lipinski definition) is 1. The van der Waals surface area contributed by atoms with Gasteiger partial charge in [-0.05, 0) is 23.8 Å². The molecule has 0 radical (unpaired) electrons. The third-order valence-electron chi connectivity index (χ3n) is 1.30. The molecule has 0 aliphatic rings. The quantitative estimate of drug-likeness (QED) is 0.633. The lowest BCUT2D eigenvalue weighted by Crippen LogP contribution is -1.73. The van der Waals surface area contributed by atoms with E-state index >= 15 is 0 Å². The molecular formula is C9H5Cl2N. The molecule has 0 fully saturated rings. The molecule has 0 N–H and O–H groups in total. The van der Waals surface area contributed by atoms with Crippen LogP contribution in [0, 0.1) is 11.3 Å². The van der Waals surface area contributed by atoms with Crippen LogP contribution in [0.25, 0.3) is 6.08 Å². The highest BCUT2D eigenvalue weighted by Gasteiger charge is 1.95. The van der Waals surface area contributed by atoms with Gasteiger partial charge in [-0.15, -0.1) is 0 Å². The molecule has 0 atom stereocenters. The van der Waals surface area contributed by atoms with Crippen LogP contribution in [-0.2, 0) is 0 Å². The average Bonchev–Trinajstić information content (AvgIpc) is 2.03. The van der Waals surface area contributed by atoms with Gasteiger partial charge in [0, 0.05) is 16.1 Å². The fourth-order valence-corrected chi connectivity index (χ4v) is 1.24. The molecule has 12 heavy (non-hydrogen) atoms. The van der Waals surface area contributed by atoms with Crippen molar-refractivity contribution in [3.8, 4) is 6.07 Å². The predicted molar refractivity (Wildman–Crippen MR) is 51.1 cm³/mol. The summed E-state index contributed by atoms with van der Waals surface area (Å²) in [6.07, 6.45) is 3.01. The summed E-state index contributed by atoms with van der Waals surface area (Å²) < 4.78 is 0. The predicted octanol–water partition coefficient (Wildman–Crippen LogP) is 3.53. The highest BCUT2D eigenvalue weighted by molar-refractivity contribution is 6.35. The fourth-order valence-electron chi connectivity index (χ4n) is 0.764. The molecule has 1 rings (SSSR count). The summed E-state index contributed by atoms with van der Waals surface area (Å²) in [7, 11) is 0. The van der Waals surface area contributed by atoms with E-state index in [1.54, 1.807) is 24.3 Å². The van der Waals surface area contributed by atoms with Gasteiger partial charge in [-0.2, -0.15) is 5.26 Å². The van der Waals surface area contributed by atoms with Gasteiger partial charge in [0.15, 0.2) is 0 Å². The van der Waals surface area contributed by atoms with Crippen LogP contribution >= 0.6 is 23.2 Å². The molecule has 3 heteroatoms. The van der Waals surface area contributed by atoms with E-state index in [9.17, 15) is 0 Å². The first-order chi connectivity index (χ1) is 5.74. The van der Waals surface area contributed by atoms with Crippen LogP contribution in [0.5, 0.6) is 0 Å². The summed E-state index contributed by atoms with van der Waals surface area (Å²) >= 11 is 11.5. The number of rotatable bonds is 1. The molecule has 1 aromatic rings. The highest BCUT2D eigenvalue weighted by Crippen LogP contribution is 2.21. The SMILES string of the molecule is N#CC=Cc1ccc(Cl)cc1Cl. The van der Waals surface area contributed by atoms with Gasteiger partial charge in [0.25, 0.3) is 0 Å². The van der Waals surface area contributed by atoms with Gasteiger partial charge >= 0.3 is 0 Å². The number of nitriles is 1. The van der Waals surface area contributed by atoms with Crippen molar-refractivity contribution in [3.05, 3.63) is 39.9 Å². The van der Waals surface area contributed by atoms with E-state index in [1.165, 1.54) is 6.08 Å². The summed E-state index contributed by atoms with van der Waals surface area (Å²) in [5.41, 5.74) is 0.794. The second-order valence-corrected chi connectivity index (χ2v) is 2.97. The maximum atomic E-state index is 8.27. The Balaban J connectivity index is 3.03. The molecule has 60 valence electrons. The molecule has 0 aliphatic carbocycles. The van der Waals surface area contributed by atoms with Gasteiger partial charge in [-0.1, -0.05) is 29.3 Å². The maximum absolute atomic E-state index is 8.27. The van der Waals surface area contributed by atoms with E-state index in [4.69, 9.17) is 28.5 Å². The van der Waals surface area contributed by atoms with Crippen LogP contribution in [0.4, 0.5) is 0 Å². The minimum absolute atomic E-state index is 0.550. The number of halogens is 2. The molecular weight excluding hydrogens is 193 g/mol. The van der Waals surface area contributed by atoms with Crippen molar-refractivity contribution in [2.75, 3.05) is 0 Å². The van der Waals surface area contributed by atoms with Crippen molar-refractivity contribution in [1.29, 1.82) is 5.26 Å². The lowest BCUT2D eigenvalue weighted by Gasteiger charge is -1.96. The lowest BCUT2D eigenvalue weighted by atomic mass is 10.2. The Kier molecular flexibility index (Phi) is 3.16. The third kappa shape index (κ3) is 2.27. The van der Waals surface area contributed by atoms with Crippen molar-refractivity contribution in [1.82, 2.24) is 0 Å². The zero-order chi connectivity index (χ0) is 8.97. The average molecular weight is 198 g/mol. The molecule has 0 heterocycles. The molecule has 0 amide bonds. The maximum Gasteiger partial charge on any atom is 0.0912 e. The molecule has 1 nitrogen and oxygen atoms in total. The van der Waals surface area contributed by atoms with Gasteiger partial charge < -0.3 is 0 Å². The van der Waals surface area contributed by atoms with Crippen LogP contribution in [0.1, 0.15) is 5.56 Å². The Morgan fingerprint density at radius 1 is 1.33 bits per heavy atom. The van der Waals surface area contributed by atoms with Gasteiger partial charge in [-0.25, -0.2) is 0 Å². The molecule has 0 unspecified atom stereocenters. The first-order valence-electron chi connectivity index (χ1n) is 3.25. The Morgan fingerprint density at radius 3 is 2.67 bits per heavy atom. The number of nitrogens with zero attached hydrogens (tertiary/aromatic N) is 1. The van der Waals surface area contributed by atoms with E-state index in [0.29, 0.717) is 10.0 Å². The van der Waals surface area contributed by atoms with Crippen molar-refractivity contribution in [2.24, 2.45) is 0 Å². The van der Waals surface area contributed by atoms with E-state index in [2.05, 4.69) is 0 Å². The van der Waals surface area contributed by atoms with E-state index < -0.39 is 0 Å². The fraction of sp³-hybridized carbons (Fsp3) is 0. The van der Waals surface area contributed by atoms with Gasteiger partial charge in [0.1, 0.15) is 0 Å². The summed E-state index contributed by atoms with van der Waals surface area (Å²) in [5, 5.41) is 9.41. The number of benzene rings is 1. The number of hydrogen-bond donors (Lipinski definition) is 0. The molecule has 0 spiro atoms. The minimum Gasteiger partial charge on any atom is -0.193 e. The van der Waals surface area contributed by atoms with E-state index in [-0.39, 0.29) is 0 Å². The Bertz CT molecular complexity index is 350. The molecule has 0 saturated carbocycles. The molecule has 0 saturated heterocycles. The first kappa shape index (κ1) is 9.12. The standard InChI is InChI=1S/C9H5Cl2N/c10-8-4-3-7(2-1-5-12)9(11)6-8/h1-4,6H. The van der Waals surface area contributed by atoms with Crippen molar-refractivity contribution in [3.63, 3.8) is 0 Å². The van der Waals surface area contributed by atoms with Gasteiger partial charge in [-0.3, -0.25) is 0 Å². The smallest absolute Gasteiger partial charge is 0.0912 e. The van der Waals surface area contributed by atoms with Crippen molar-refractivity contribution >= 4 is 29.3 Å². The minimum atomic E-state index is 0.550. The second-order valence-electron chi connectivity index (χ2n) is 2.13. The summed E-state index contributed by atoms with van der Waals surface area (Å²) in [4.78, 5) is 0. The van der Waals surface area contributed by atoms with Crippen molar-refractivity contribution < 1.29 is 0 Å². The Labute approximate surface area is 80.8 Å². The van der Waals surface area contributed by atoms with E-state index in [0.717, 1.165) is 5.56 Å². The van der Waals surface area contributed by atoms with Crippen LogP contribution in [0.2, 0.25) is 10.0 Å².